The van der Waals surface area contributed by atoms with Crippen LogP contribution >= 0.6 is 0 Å². The van der Waals surface area contributed by atoms with Crippen molar-refractivity contribution in [3.8, 4) is 0 Å². The van der Waals surface area contributed by atoms with E-state index < -0.39 is 0 Å². The van der Waals surface area contributed by atoms with Crippen molar-refractivity contribution in [3.63, 3.8) is 0 Å². The molecule has 1 aliphatic heterocycles. The van der Waals surface area contributed by atoms with Crippen LogP contribution in [0.15, 0.2) is 54.9 Å². The van der Waals surface area contributed by atoms with E-state index in [1.165, 1.54) is 17.5 Å². The first-order chi connectivity index (χ1) is 12.3. The van der Waals surface area contributed by atoms with Crippen molar-refractivity contribution >= 4 is 0 Å². The molecule has 4 heteroatoms. The van der Waals surface area contributed by atoms with Gasteiger partial charge in [-0.2, -0.15) is 0 Å². The molecule has 1 N–H and O–H groups in total. The molecule has 1 unspecified atom stereocenters. The van der Waals surface area contributed by atoms with E-state index in [4.69, 9.17) is 0 Å². The third-order valence-corrected chi connectivity index (χ3v) is 5.03. The number of aliphatic hydroxyl groups is 1. The van der Waals surface area contributed by atoms with Gasteiger partial charge in [-0.1, -0.05) is 36.4 Å². The highest BCUT2D eigenvalue weighted by Gasteiger charge is 2.26. The SMILES string of the molecule is OCCC1CN(Cc2cccnc2)CCN1CCCc1ccccc1. The van der Waals surface area contributed by atoms with Crippen molar-refractivity contribution in [2.24, 2.45) is 0 Å². The van der Waals surface area contributed by atoms with Crippen LogP contribution < -0.4 is 0 Å². The second kappa shape index (κ2) is 9.66. The molecule has 0 bridgehead atoms. The van der Waals surface area contributed by atoms with E-state index in [9.17, 15) is 5.11 Å². The molecular formula is C21H29N3O. The van der Waals surface area contributed by atoms with Gasteiger partial charge in [0.15, 0.2) is 0 Å². The highest BCUT2D eigenvalue weighted by Crippen LogP contribution is 2.16. The van der Waals surface area contributed by atoms with Crippen molar-refractivity contribution in [2.75, 3.05) is 32.8 Å². The third kappa shape index (κ3) is 5.63. The minimum absolute atomic E-state index is 0.264. The van der Waals surface area contributed by atoms with E-state index in [1.54, 1.807) is 0 Å². The summed E-state index contributed by atoms with van der Waals surface area (Å²) in [6.07, 6.45) is 6.93. The van der Waals surface area contributed by atoms with Crippen molar-refractivity contribution in [3.05, 3.63) is 66.0 Å². The van der Waals surface area contributed by atoms with Crippen LogP contribution in [0.2, 0.25) is 0 Å². The molecule has 4 nitrogen and oxygen atoms in total. The normalized spacial score (nSPS) is 19.2. The Morgan fingerprint density at radius 1 is 1.04 bits per heavy atom. The van der Waals surface area contributed by atoms with Crippen LogP contribution in [-0.4, -0.2) is 58.7 Å². The number of pyridine rings is 1. The molecule has 0 radical (unpaired) electrons. The minimum atomic E-state index is 0.264. The maximum atomic E-state index is 9.46. The average molecular weight is 339 g/mol. The number of aromatic nitrogens is 1. The zero-order chi connectivity index (χ0) is 17.3. The lowest BCUT2D eigenvalue weighted by atomic mass is 10.1. The highest BCUT2D eigenvalue weighted by molar-refractivity contribution is 5.14. The summed E-state index contributed by atoms with van der Waals surface area (Å²) < 4.78 is 0. The topological polar surface area (TPSA) is 39.6 Å². The Hall–Kier alpha value is -1.75. The maximum absolute atomic E-state index is 9.46. The van der Waals surface area contributed by atoms with Gasteiger partial charge in [0.25, 0.3) is 0 Å². The second-order valence-electron chi connectivity index (χ2n) is 6.89. The van der Waals surface area contributed by atoms with Crippen LogP contribution in [0.3, 0.4) is 0 Å². The molecule has 134 valence electrons. The van der Waals surface area contributed by atoms with Crippen molar-refractivity contribution in [1.29, 1.82) is 0 Å². The Morgan fingerprint density at radius 2 is 1.88 bits per heavy atom. The monoisotopic (exact) mass is 339 g/mol. The van der Waals surface area contributed by atoms with Gasteiger partial charge in [-0.3, -0.25) is 14.8 Å². The molecule has 2 heterocycles. The van der Waals surface area contributed by atoms with Crippen LogP contribution in [0.5, 0.6) is 0 Å². The minimum Gasteiger partial charge on any atom is -0.396 e. The van der Waals surface area contributed by atoms with Gasteiger partial charge in [-0.15, -0.1) is 0 Å². The molecule has 1 atom stereocenters. The number of aryl methyl sites for hydroxylation is 1. The number of benzene rings is 1. The first-order valence-electron chi connectivity index (χ1n) is 9.35. The van der Waals surface area contributed by atoms with Crippen LogP contribution in [-0.2, 0) is 13.0 Å². The van der Waals surface area contributed by atoms with Crippen molar-refractivity contribution < 1.29 is 5.11 Å². The van der Waals surface area contributed by atoms with E-state index in [0.717, 1.165) is 45.6 Å². The van der Waals surface area contributed by atoms with Crippen molar-refractivity contribution in [1.82, 2.24) is 14.8 Å². The lowest BCUT2D eigenvalue weighted by Crippen LogP contribution is -2.53. The lowest BCUT2D eigenvalue weighted by molar-refractivity contribution is 0.0546. The summed E-state index contributed by atoms with van der Waals surface area (Å²) in [5, 5.41) is 9.46. The smallest absolute Gasteiger partial charge is 0.0446 e. The summed E-state index contributed by atoms with van der Waals surface area (Å²) in [6, 6.07) is 15.3. The summed E-state index contributed by atoms with van der Waals surface area (Å²) in [4.78, 5) is 9.27. The number of nitrogens with zero attached hydrogens (tertiary/aromatic N) is 3. The third-order valence-electron chi connectivity index (χ3n) is 5.03. The number of hydrogen-bond acceptors (Lipinski definition) is 4. The first-order valence-corrected chi connectivity index (χ1v) is 9.35. The molecule has 3 rings (SSSR count). The van der Waals surface area contributed by atoms with Gasteiger partial charge >= 0.3 is 0 Å². The van der Waals surface area contributed by atoms with E-state index >= 15 is 0 Å². The Bertz CT molecular complexity index is 605. The van der Waals surface area contributed by atoms with E-state index in [1.807, 2.05) is 18.5 Å². The highest BCUT2D eigenvalue weighted by atomic mass is 16.3. The fourth-order valence-electron chi connectivity index (χ4n) is 3.70. The van der Waals surface area contributed by atoms with Crippen LogP contribution in [0.4, 0.5) is 0 Å². The van der Waals surface area contributed by atoms with Gasteiger partial charge in [0.1, 0.15) is 0 Å². The van der Waals surface area contributed by atoms with Gasteiger partial charge in [-0.05, 0) is 43.0 Å². The predicted molar refractivity (Wildman–Crippen MR) is 101 cm³/mol. The average Bonchev–Trinajstić information content (AvgIpc) is 2.65. The van der Waals surface area contributed by atoms with Gasteiger partial charge in [0.05, 0.1) is 0 Å². The van der Waals surface area contributed by atoms with Crippen molar-refractivity contribution in [2.45, 2.75) is 31.8 Å². The van der Waals surface area contributed by atoms with Crippen LogP contribution in [0.25, 0.3) is 0 Å². The largest absolute Gasteiger partial charge is 0.396 e. The Kier molecular flexibility index (Phi) is 6.98. The number of rotatable bonds is 8. The second-order valence-corrected chi connectivity index (χ2v) is 6.89. The molecule has 25 heavy (non-hydrogen) atoms. The molecule has 0 amide bonds. The molecule has 0 aliphatic carbocycles. The summed E-state index contributed by atoms with van der Waals surface area (Å²) >= 11 is 0. The zero-order valence-corrected chi connectivity index (χ0v) is 14.9. The maximum Gasteiger partial charge on any atom is 0.0446 e. The van der Waals surface area contributed by atoms with Crippen LogP contribution in [0, 0.1) is 0 Å². The fraction of sp³-hybridized carbons (Fsp3) is 0.476. The molecule has 1 aromatic carbocycles. The molecule has 0 saturated carbocycles. The van der Waals surface area contributed by atoms with E-state index in [2.05, 4.69) is 51.2 Å². The summed E-state index contributed by atoms with van der Waals surface area (Å²) in [5.74, 6) is 0. The molecule has 1 saturated heterocycles. The number of aliphatic hydroxyl groups excluding tert-OH is 1. The molecular weight excluding hydrogens is 310 g/mol. The Balaban J connectivity index is 1.49. The van der Waals surface area contributed by atoms with Gasteiger partial charge in [-0.25, -0.2) is 0 Å². The standard InChI is InChI=1S/C21H29N3O/c25-15-10-21-18-23(17-20-8-4-11-22-16-20)13-14-24(21)12-5-9-19-6-2-1-3-7-19/h1-4,6-8,11,16,21,25H,5,9-10,12-15,17-18H2. The zero-order valence-electron chi connectivity index (χ0n) is 14.9. The van der Waals surface area contributed by atoms with Crippen LogP contribution in [0.1, 0.15) is 24.0 Å². The Morgan fingerprint density at radius 3 is 2.64 bits per heavy atom. The fourth-order valence-corrected chi connectivity index (χ4v) is 3.70. The number of hydrogen-bond donors (Lipinski definition) is 1. The quantitative estimate of drug-likeness (QED) is 0.802. The molecule has 1 aromatic heterocycles. The lowest BCUT2D eigenvalue weighted by Gasteiger charge is -2.41. The summed E-state index contributed by atoms with van der Waals surface area (Å²) in [5.41, 5.74) is 2.68. The Labute approximate surface area is 151 Å². The molecule has 2 aromatic rings. The first kappa shape index (κ1) is 18.1. The summed E-state index contributed by atoms with van der Waals surface area (Å²) in [7, 11) is 0. The molecule has 1 aliphatic rings. The number of piperazine rings is 1. The molecule has 0 spiro atoms. The summed E-state index contributed by atoms with van der Waals surface area (Å²) in [6.45, 7) is 5.52. The predicted octanol–water partition coefficient (Wildman–Crippen LogP) is 2.58. The van der Waals surface area contributed by atoms with E-state index in [0.29, 0.717) is 6.04 Å². The molecule has 1 fully saturated rings. The van der Waals surface area contributed by atoms with Gasteiger partial charge in [0.2, 0.25) is 0 Å². The van der Waals surface area contributed by atoms with E-state index in [-0.39, 0.29) is 6.61 Å². The van der Waals surface area contributed by atoms with Gasteiger partial charge in [0, 0.05) is 51.2 Å². The van der Waals surface area contributed by atoms with Gasteiger partial charge < -0.3 is 5.11 Å².